The highest BCUT2D eigenvalue weighted by Crippen LogP contribution is 2.20. The van der Waals surface area contributed by atoms with E-state index in [9.17, 15) is 4.79 Å². The first-order chi connectivity index (χ1) is 9.28. The van der Waals surface area contributed by atoms with Crippen molar-refractivity contribution in [3.05, 3.63) is 30.1 Å². The Morgan fingerprint density at radius 1 is 1.35 bits per heavy atom. The molecule has 0 saturated carbocycles. The molecular formula is C15H21N3O2. The summed E-state index contributed by atoms with van der Waals surface area (Å²) in [6, 6.07) is 3.88. The standard InChI is InChI=1S/C15H21N3O2/c1-15(2,3)20-14(19)18-9-7-12-11(10-17(4)5)6-8-16-13(12)18/h6-9H,10H2,1-5H3. The maximum absolute atomic E-state index is 12.2. The third kappa shape index (κ3) is 3.17. The summed E-state index contributed by atoms with van der Waals surface area (Å²) in [6.45, 7) is 6.35. The van der Waals surface area contributed by atoms with Crippen LogP contribution in [0.25, 0.3) is 11.0 Å². The Balaban J connectivity index is 2.40. The van der Waals surface area contributed by atoms with Crippen LogP contribution < -0.4 is 0 Å². The second-order valence-electron chi connectivity index (χ2n) is 6.11. The van der Waals surface area contributed by atoms with Gasteiger partial charge in [-0.3, -0.25) is 0 Å². The van der Waals surface area contributed by atoms with E-state index in [4.69, 9.17) is 4.74 Å². The number of carbonyl (C=O) groups is 1. The van der Waals surface area contributed by atoms with Crippen molar-refractivity contribution in [1.82, 2.24) is 14.5 Å². The van der Waals surface area contributed by atoms with Crippen molar-refractivity contribution in [3.63, 3.8) is 0 Å². The first-order valence-electron chi connectivity index (χ1n) is 6.61. The number of hydrogen-bond donors (Lipinski definition) is 0. The van der Waals surface area contributed by atoms with Crippen LogP contribution in [0.5, 0.6) is 0 Å². The molecule has 0 unspecified atom stereocenters. The van der Waals surface area contributed by atoms with E-state index in [0.717, 1.165) is 17.5 Å². The minimum Gasteiger partial charge on any atom is -0.443 e. The molecule has 0 N–H and O–H groups in total. The maximum atomic E-state index is 12.2. The summed E-state index contributed by atoms with van der Waals surface area (Å²) in [5.41, 5.74) is 1.26. The summed E-state index contributed by atoms with van der Waals surface area (Å²) >= 11 is 0. The topological polar surface area (TPSA) is 47.4 Å². The van der Waals surface area contributed by atoms with Gasteiger partial charge in [-0.05, 0) is 52.6 Å². The molecule has 2 aromatic heterocycles. The van der Waals surface area contributed by atoms with Gasteiger partial charge >= 0.3 is 6.09 Å². The summed E-state index contributed by atoms with van der Waals surface area (Å²) in [5.74, 6) is 0. The number of aromatic nitrogens is 2. The van der Waals surface area contributed by atoms with Crippen molar-refractivity contribution in [2.75, 3.05) is 14.1 Å². The first-order valence-corrected chi connectivity index (χ1v) is 6.61. The number of pyridine rings is 1. The van der Waals surface area contributed by atoms with E-state index in [1.54, 1.807) is 12.4 Å². The van der Waals surface area contributed by atoms with Gasteiger partial charge in [0.2, 0.25) is 0 Å². The highest BCUT2D eigenvalue weighted by atomic mass is 16.6. The zero-order chi connectivity index (χ0) is 14.9. The SMILES string of the molecule is CN(C)Cc1ccnc2c1ccn2C(=O)OC(C)(C)C. The lowest BCUT2D eigenvalue weighted by molar-refractivity contribution is 0.0543. The summed E-state index contributed by atoms with van der Waals surface area (Å²) in [6.07, 6.45) is 3.04. The molecule has 5 nitrogen and oxygen atoms in total. The van der Waals surface area contributed by atoms with E-state index in [2.05, 4.69) is 9.88 Å². The van der Waals surface area contributed by atoms with Crippen LogP contribution >= 0.6 is 0 Å². The molecule has 20 heavy (non-hydrogen) atoms. The maximum Gasteiger partial charge on any atom is 0.420 e. The first kappa shape index (κ1) is 14.5. The van der Waals surface area contributed by atoms with Crippen molar-refractivity contribution in [1.29, 1.82) is 0 Å². The van der Waals surface area contributed by atoms with Gasteiger partial charge in [-0.1, -0.05) is 0 Å². The summed E-state index contributed by atoms with van der Waals surface area (Å²) in [7, 11) is 4.02. The van der Waals surface area contributed by atoms with Gasteiger partial charge in [0.25, 0.3) is 0 Å². The molecular weight excluding hydrogens is 254 g/mol. The molecule has 5 heteroatoms. The fraction of sp³-hybridized carbons (Fsp3) is 0.467. The molecule has 0 bridgehead atoms. The fourth-order valence-electron chi connectivity index (χ4n) is 2.03. The monoisotopic (exact) mass is 275 g/mol. The summed E-state index contributed by atoms with van der Waals surface area (Å²) in [5, 5.41) is 0.979. The van der Waals surface area contributed by atoms with E-state index in [0.29, 0.717) is 5.65 Å². The number of ether oxygens (including phenoxy) is 1. The molecule has 0 aliphatic carbocycles. The molecule has 0 aromatic carbocycles. The van der Waals surface area contributed by atoms with Gasteiger partial charge in [-0.2, -0.15) is 0 Å². The average molecular weight is 275 g/mol. The number of carbonyl (C=O) groups excluding carboxylic acids is 1. The highest BCUT2D eigenvalue weighted by molar-refractivity contribution is 5.88. The predicted molar refractivity (Wildman–Crippen MR) is 78.8 cm³/mol. The van der Waals surface area contributed by atoms with Crippen LogP contribution in [0.1, 0.15) is 26.3 Å². The van der Waals surface area contributed by atoms with E-state index < -0.39 is 11.7 Å². The quantitative estimate of drug-likeness (QED) is 0.845. The predicted octanol–water partition coefficient (Wildman–Crippen LogP) is 2.88. The Labute approximate surface area is 119 Å². The highest BCUT2D eigenvalue weighted by Gasteiger charge is 2.20. The van der Waals surface area contributed by atoms with Crippen LogP contribution in [0.2, 0.25) is 0 Å². The van der Waals surface area contributed by atoms with E-state index >= 15 is 0 Å². The lowest BCUT2D eigenvalue weighted by atomic mass is 10.2. The van der Waals surface area contributed by atoms with Gasteiger partial charge in [0.05, 0.1) is 0 Å². The molecule has 0 fully saturated rings. The van der Waals surface area contributed by atoms with Crippen molar-refractivity contribution < 1.29 is 9.53 Å². The Kier molecular flexibility index (Phi) is 3.81. The molecule has 0 spiro atoms. The lowest BCUT2D eigenvalue weighted by Crippen LogP contribution is -2.26. The van der Waals surface area contributed by atoms with E-state index in [1.807, 2.05) is 47.0 Å². The third-order valence-electron chi connectivity index (χ3n) is 2.75. The average Bonchev–Trinajstić information content (AvgIpc) is 2.70. The normalized spacial score (nSPS) is 12.1. The fourth-order valence-corrected chi connectivity index (χ4v) is 2.03. The molecule has 2 rings (SSSR count). The number of hydrogen-bond acceptors (Lipinski definition) is 4. The van der Waals surface area contributed by atoms with Gasteiger partial charge in [-0.25, -0.2) is 14.3 Å². The Morgan fingerprint density at radius 3 is 2.65 bits per heavy atom. The van der Waals surface area contributed by atoms with E-state index in [1.165, 1.54) is 4.57 Å². The zero-order valence-electron chi connectivity index (χ0n) is 12.7. The van der Waals surface area contributed by atoms with Crippen molar-refractivity contribution >= 4 is 17.1 Å². The van der Waals surface area contributed by atoms with E-state index in [-0.39, 0.29) is 0 Å². The minimum atomic E-state index is -0.519. The van der Waals surface area contributed by atoms with Crippen molar-refractivity contribution in [2.24, 2.45) is 0 Å². The smallest absolute Gasteiger partial charge is 0.420 e. The van der Waals surface area contributed by atoms with Crippen LogP contribution in [0.3, 0.4) is 0 Å². The lowest BCUT2D eigenvalue weighted by Gasteiger charge is -2.19. The molecule has 0 aliphatic rings. The second-order valence-corrected chi connectivity index (χ2v) is 6.11. The van der Waals surface area contributed by atoms with Crippen molar-refractivity contribution in [3.8, 4) is 0 Å². The van der Waals surface area contributed by atoms with Crippen LogP contribution in [0.15, 0.2) is 24.5 Å². The molecule has 2 aromatic rings. The number of fused-ring (bicyclic) bond motifs is 1. The Morgan fingerprint density at radius 2 is 2.05 bits per heavy atom. The third-order valence-corrected chi connectivity index (χ3v) is 2.75. The van der Waals surface area contributed by atoms with Crippen LogP contribution in [0, 0.1) is 0 Å². The second kappa shape index (κ2) is 5.25. The van der Waals surface area contributed by atoms with Gasteiger partial charge in [0, 0.05) is 24.3 Å². The van der Waals surface area contributed by atoms with Crippen LogP contribution in [-0.2, 0) is 11.3 Å². The Bertz CT molecular complexity index is 624. The molecule has 0 aliphatic heterocycles. The molecule has 108 valence electrons. The molecule has 0 saturated heterocycles. The number of nitrogens with zero attached hydrogens (tertiary/aromatic N) is 3. The van der Waals surface area contributed by atoms with Gasteiger partial charge in [-0.15, -0.1) is 0 Å². The summed E-state index contributed by atoms with van der Waals surface area (Å²) in [4.78, 5) is 18.5. The number of rotatable bonds is 2. The van der Waals surface area contributed by atoms with Gasteiger partial charge < -0.3 is 9.64 Å². The molecule has 0 radical (unpaired) electrons. The van der Waals surface area contributed by atoms with Gasteiger partial charge in [0.15, 0.2) is 0 Å². The van der Waals surface area contributed by atoms with Crippen LogP contribution in [0.4, 0.5) is 4.79 Å². The Hall–Kier alpha value is -1.88. The molecule has 0 amide bonds. The largest absolute Gasteiger partial charge is 0.443 e. The van der Waals surface area contributed by atoms with Gasteiger partial charge in [0.1, 0.15) is 11.2 Å². The minimum absolute atomic E-state index is 0.401. The summed E-state index contributed by atoms with van der Waals surface area (Å²) < 4.78 is 6.84. The molecule has 2 heterocycles. The van der Waals surface area contributed by atoms with Crippen LogP contribution in [-0.4, -0.2) is 40.2 Å². The molecule has 0 atom stereocenters. The zero-order valence-corrected chi connectivity index (χ0v) is 12.7. The van der Waals surface area contributed by atoms with Crippen molar-refractivity contribution in [2.45, 2.75) is 32.9 Å².